The Bertz CT molecular complexity index is 508. The first-order valence-corrected chi connectivity index (χ1v) is 7.27. The van der Waals surface area contributed by atoms with E-state index < -0.39 is 0 Å². The second-order valence-corrected chi connectivity index (χ2v) is 7.80. The molecule has 3 saturated carbocycles. The molecule has 0 radical (unpaired) electrons. The van der Waals surface area contributed by atoms with Gasteiger partial charge < -0.3 is 9.84 Å². The summed E-state index contributed by atoms with van der Waals surface area (Å²) >= 11 is 0. The normalized spacial score (nSPS) is 58.9. The van der Waals surface area contributed by atoms with Crippen molar-refractivity contribution in [2.24, 2.45) is 39.9 Å². The molecule has 104 valence electrons. The van der Waals surface area contributed by atoms with Crippen molar-refractivity contribution in [2.45, 2.75) is 33.3 Å². The quantitative estimate of drug-likeness (QED) is 0.581. The number of methoxy groups -OCH3 is 1. The molecule has 0 aromatic rings. The minimum absolute atomic E-state index is 0.0751. The molecule has 0 saturated heterocycles. The lowest BCUT2D eigenvalue weighted by Gasteiger charge is -2.41. The Morgan fingerprint density at radius 3 is 2.63 bits per heavy atom. The highest BCUT2D eigenvalue weighted by Crippen LogP contribution is 2.90. The zero-order valence-electron chi connectivity index (χ0n) is 12.0. The molecule has 0 amide bonds. The molecule has 7 atom stereocenters. The van der Waals surface area contributed by atoms with E-state index in [-0.39, 0.29) is 40.2 Å². The van der Waals surface area contributed by atoms with Crippen molar-refractivity contribution in [2.75, 3.05) is 7.11 Å². The van der Waals surface area contributed by atoms with Crippen molar-refractivity contribution in [3.8, 4) is 0 Å². The molecular weight excluding hydrogens is 240 g/mol. The van der Waals surface area contributed by atoms with Gasteiger partial charge in [0.15, 0.2) is 0 Å². The van der Waals surface area contributed by atoms with Crippen molar-refractivity contribution in [1.82, 2.24) is 0 Å². The first kappa shape index (κ1) is 12.0. The summed E-state index contributed by atoms with van der Waals surface area (Å²) in [4.78, 5) is 12.3. The largest absolute Gasteiger partial charge is 0.469 e. The number of aliphatic hydroxyl groups excluding tert-OH is 1. The molecule has 1 N–H and O–H groups in total. The van der Waals surface area contributed by atoms with E-state index in [9.17, 15) is 9.90 Å². The molecule has 0 heterocycles. The van der Waals surface area contributed by atoms with Gasteiger partial charge in [-0.05, 0) is 40.4 Å². The molecule has 0 aromatic heterocycles. The summed E-state index contributed by atoms with van der Waals surface area (Å²) in [6.07, 6.45) is 5.01. The van der Waals surface area contributed by atoms with Crippen LogP contribution in [0.3, 0.4) is 0 Å². The molecule has 4 rings (SSSR count). The highest BCUT2D eigenvalue weighted by Gasteiger charge is 2.89. The predicted octanol–water partition coefficient (Wildman–Crippen LogP) is 2.00. The fourth-order valence-electron chi connectivity index (χ4n) is 6.78. The zero-order valence-corrected chi connectivity index (χ0v) is 12.0. The Hall–Kier alpha value is -0.830. The summed E-state index contributed by atoms with van der Waals surface area (Å²) in [6.45, 7) is 6.71. The summed E-state index contributed by atoms with van der Waals surface area (Å²) < 4.78 is 5.07. The van der Waals surface area contributed by atoms with E-state index in [0.717, 1.165) is 6.42 Å². The molecule has 3 heteroatoms. The number of carbonyl (C=O) groups is 1. The summed E-state index contributed by atoms with van der Waals surface area (Å²) in [5.74, 6) is 0.862. The maximum absolute atomic E-state index is 12.3. The van der Waals surface area contributed by atoms with Crippen molar-refractivity contribution in [3.63, 3.8) is 0 Å². The van der Waals surface area contributed by atoms with E-state index in [1.165, 1.54) is 7.11 Å². The Morgan fingerprint density at radius 2 is 2.00 bits per heavy atom. The minimum Gasteiger partial charge on any atom is -0.469 e. The summed E-state index contributed by atoms with van der Waals surface area (Å²) in [5, 5.41) is 10.6. The third-order valence-electron chi connectivity index (χ3n) is 7.17. The molecule has 4 aliphatic carbocycles. The van der Waals surface area contributed by atoms with Gasteiger partial charge in [0.1, 0.15) is 0 Å². The lowest BCUT2D eigenvalue weighted by Crippen LogP contribution is -2.42. The topological polar surface area (TPSA) is 46.5 Å². The highest BCUT2D eigenvalue weighted by atomic mass is 16.5. The van der Waals surface area contributed by atoms with Crippen LogP contribution in [0.2, 0.25) is 0 Å². The smallest absolute Gasteiger partial charge is 0.309 e. The Labute approximate surface area is 114 Å². The van der Waals surface area contributed by atoms with Crippen LogP contribution in [0.4, 0.5) is 0 Å². The monoisotopic (exact) mass is 262 g/mol. The second-order valence-electron chi connectivity index (χ2n) is 7.80. The molecular formula is C16H22O3. The van der Waals surface area contributed by atoms with Crippen LogP contribution in [0, 0.1) is 39.9 Å². The van der Waals surface area contributed by atoms with Crippen LogP contribution in [0.15, 0.2) is 12.2 Å². The van der Waals surface area contributed by atoms with Crippen LogP contribution in [-0.2, 0) is 9.53 Å². The summed E-state index contributed by atoms with van der Waals surface area (Å²) in [7, 11) is 1.48. The molecule has 0 aromatic carbocycles. The number of allylic oxidation sites excluding steroid dienone is 2. The maximum atomic E-state index is 12.3. The van der Waals surface area contributed by atoms with Gasteiger partial charge in [0.05, 0.1) is 19.1 Å². The highest BCUT2D eigenvalue weighted by molar-refractivity contribution is 5.77. The average molecular weight is 262 g/mol. The van der Waals surface area contributed by atoms with Crippen LogP contribution >= 0.6 is 0 Å². The Kier molecular flexibility index (Phi) is 1.84. The SMILES string of the molecule is COC(=O)[C@H]1[C@H]2C=C[C@H]3[C@]1(C)CC(O)C1C(C)(C)[C@]123. The molecule has 0 aliphatic heterocycles. The van der Waals surface area contributed by atoms with E-state index in [1.807, 2.05) is 0 Å². The molecule has 4 bridgehead atoms. The third kappa shape index (κ3) is 0.902. The van der Waals surface area contributed by atoms with E-state index in [1.54, 1.807) is 0 Å². The van der Waals surface area contributed by atoms with Gasteiger partial charge in [-0.3, -0.25) is 4.79 Å². The van der Waals surface area contributed by atoms with Gasteiger partial charge in [-0.1, -0.05) is 32.9 Å². The van der Waals surface area contributed by atoms with Gasteiger partial charge in [0.25, 0.3) is 0 Å². The number of rotatable bonds is 1. The summed E-state index contributed by atoms with van der Waals surface area (Å²) in [5.41, 5.74) is 0.111. The molecule has 19 heavy (non-hydrogen) atoms. The predicted molar refractivity (Wildman–Crippen MR) is 70.1 cm³/mol. The van der Waals surface area contributed by atoms with E-state index in [4.69, 9.17) is 4.74 Å². The van der Waals surface area contributed by atoms with Crippen molar-refractivity contribution >= 4 is 5.97 Å². The number of carbonyl (C=O) groups excluding carboxylic acids is 1. The second kappa shape index (κ2) is 2.93. The molecule has 4 aliphatic rings. The molecule has 1 spiro atoms. The van der Waals surface area contributed by atoms with Gasteiger partial charge in [-0.15, -0.1) is 0 Å². The number of hydrogen-bond acceptors (Lipinski definition) is 3. The zero-order chi connectivity index (χ0) is 13.8. The van der Waals surface area contributed by atoms with Crippen LogP contribution in [0.1, 0.15) is 27.2 Å². The van der Waals surface area contributed by atoms with E-state index >= 15 is 0 Å². The lowest BCUT2D eigenvalue weighted by atomic mass is 9.64. The van der Waals surface area contributed by atoms with Crippen LogP contribution in [0.5, 0.6) is 0 Å². The number of esters is 1. The number of aliphatic hydroxyl groups is 1. The van der Waals surface area contributed by atoms with Gasteiger partial charge in [-0.25, -0.2) is 0 Å². The van der Waals surface area contributed by atoms with Crippen LogP contribution in [-0.4, -0.2) is 24.3 Å². The van der Waals surface area contributed by atoms with E-state index in [2.05, 4.69) is 32.9 Å². The number of hydrogen-bond donors (Lipinski definition) is 1. The first-order chi connectivity index (χ1) is 8.83. The van der Waals surface area contributed by atoms with Gasteiger partial charge in [0.2, 0.25) is 0 Å². The van der Waals surface area contributed by atoms with Crippen molar-refractivity contribution < 1.29 is 14.6 Å². The first-order valence-electron chi connectivity index (χ1n) is 7.27. The molecule has 3 nitrogen and oxygen atoms in total. The maximum Gasteiger partial charge on any atom is 0.309 e. The van der Waals surface area contributed by atoms with Crippen LogP contribution < -0.4 is 0 Å². The fourth-order valence-corrected chi connectivity index (χ4v) is 6.78. The Balaban J connectivity index is 1.90. The lowest BCUT2D eigenvalue weighted by molar-refractivity contribution is -0.151. The van der Waals surface area contributed by atoms with Crippen molar-refractivity contribution in [3.05, 3.63) is 12.2 Å². The minimum atomic E-state index is -0.270. The van der Waals surface area contributed by atoms with Gasteiger partial charge >= 0.3 is 5.97 Å². The summed E-state index contributed by atoms with van der Waals surface area (Å²) in [6, 6.07) is 0. The van der Waals surface area contributed by atoms with Crippen molar-refractivity contribution in [1.29, 1.82) is 0 Å². The number of ether oxygens (including phenoxy) is 1. The molecule has 2 unspecified atom stereocenters. The van der Waals surface area contributed by atoms with Gasteiger partial charge in [0, 0.05) is 0 Å². The van der Waals surface area contributed by atoms with E-state index in [0.29, 0.717) is 11.8 Å². The third-order valence-corrected chi connectivity index (χ3v) is 7.17. The standard InChI is InChI=1S/C16H22O3/c1-14(2)12-9(17)7-15(3)10-6-5-8(16(10,12)14)11(15)13(18)19-4/h5-6,8-12,17H,7H2,1-4H3/t8-,9?,10+,11-,12?,15+,16-/m1/s1. The molecule has 3 fully saturated rings. The van der Waals surface area contributed by atoms with Gasteiger partial charge in [-0.2, -0.15) is 0 Å². The Morgan fingerprint density at radius 1 is 1.32 bits per heavy atom. The fraction of sp³-hybridized carbons (Fsp3) is 0.812. The van der Waals surface area contributed by atoms with Crippen LogP contribution in [0.25, 0.3) is 0 Å². The average Bonchev–Trinajstić information content (AvgIpc) is 2.61.